The van der Waals surface area contributed by atoms with Gasteiger partial charge in [-0.05, 0) is 26.0 Å². The van der Waals surface area contributed by atoms with E-state index in [2.05, 4.69) is 10.6 Å². The van der Waals surface area contributed by atoms with Gasteiger partial charge in [0.25, 0.3) is 0 Å². The van der Waals surface area contributed by atoms with E-state index in [0.29, 0.717) is 30.1 Å². The van der Waals surface area contributed by atoms with Crippen LogP contribution in [0.15, 0.2) is 12.1 Å². The lowest BCUT2D eigenvalue weighted by atomic mass is 10.2. The first-order valence-corrected chi connectivity index (χ1v) is 6.82. The lowest BCUT2D eigenvalue weighted by molar-refractivity contribution is -0.121. The third kappa shape index (κ3) is 5.68. The molecule has 1 aromatic carbocycles. The van der Waals surface area contributed by atoms with E-state index in [-0.39, 0.29) is 22.7 Å². The molecule has 0 saturated carbocycles. The maximum Gasteiger partial charge on any atom is 0.221 e. The number of hydrogen-bond donors (Lipinski definition) is 3. The normalized spacial score (nSPS) is 10.8. The minimum atomic E-state index is -0.00384. The number of carbonyl (C=O) groups is 1. The number of phenols is 1. The predicted octanol–water partition coefficient (Wildman–Crippen LogP) is 2.70. The van der Waals surface area contributed by atoms with Crippen molar-refractivity contribution in [3.63, 3.8) is 0 Å². The van der Waals surface area contributed by atoms with Gasteiger partial charge in [0.1, 0.15) is 5.75 Å². The number of carbonyl (C=O) groups excluding carboxylic acids is 1. The van der Waals surface area contributed by atoms with Crippen molar-refractivity contribution in [1.29, 1.82) is 0 Å². The standard InChI is InChI=1S/C13H18Cl2N2O2/c1-8(2)17-12(18)3-4-16-7-9-5-10(14)6-11(15)13(9)19/h5-6,8,16,19H,3-4,7H2,1-2H3,(H,17,18). The van der Waals surface area contributed by atoms with Crippen molar-refractivity contribution in [3.8, 4) is 5.75 Å². The van der Waals surface area contributed by atoms with E-state index in [1.807, 2.05) is 13.8 Å². The highest BCUT2D eigenvalue weighted by Gasteiger charge is 2.08. The molecule has 3 N–H and O–H groups in total. The van der Waals surface area contributed by atoms with E-state index in [1.165, 1.54) is 6.07 Å². The summed E-state index contributed by atoms with van der Waals surface area (Å²) in [5.41, 5.74) is 0.613. The van der Waals surface area contributed by atoms with Crippen molar-refractivity contribution < 1.29 is 9.90 Å². The zero-order valence-electron chi connectivity index (χ0n) is 11.0. The van der Waals surface area contributed by atoms with Crippen LogP contribution in [0.1, 0.15) is 25.8 Å². The molecule has 4 nitrogen and oxygen atoms in total. The fourth-order valence-corrected chi connectivity index (χ4v) is 2.11. The van der Waals surface area contributed by atoms with E-state index >= 15 is 0 Å². The van der Waals surface area contributed by atoms with E-state index in [4.69, 9.17) is 23.2 Å². The second-order valence-electron chi connectivity index (χ2n) is 4.54. The monoisotopic (exact) mass is 304 g/mol. The quantitative estimate of drug-likeness (QED) is 0.708. The first kappa shape index (κ1) is 16.1. The molecule has 6 heteroatoms. The number of hydrogen-bond acceptors (Lipinski definition) is 3. The van der Waals surface area contributed by atoms with E-state index < -0.39 is 0 Å². The maximum absolute atomic E-state index is 11.4. The molecule has 0 heterocycles. The lowest BCUT2D eigenvalue weighted by Gasteiger charge is -2.10. The van der Waals surface area contributed by atoms with Crippen molar-refractivity contribution in [3.05, 3.63) is 27.7 Å². The summed E-state index contributed by atoms with van der Waals surface area (Å²) in [5.74, 6) is 0.0149. The summed E-state index contributed by atoms with van der Waals surface area (Å²) in [6, 6.07) is 3.27. The molecule has 0 atom stereocenters. The maximum atomic E-state index is 11.4. The number of phenolic OH excluding ortho intramolecular Hbond substituents is 1. The minimum Gasteiger partial charge on any atom is -0.506 e. The summed E-state index contributed by atoms with van der Waals surface area (Å²) in [4.78, 5) is 11.4. The van der Waals surface area contributed by atoms with Crippen LogP contribution < -0.4 is 10.6 Å². The molecule has 0 radical (unpaired) electrons. The van der Waals surface area contributed by atoms with Gasteiger partial charge in [0, 0.05) is 36.1 Å². The highest BCUT2D eigenvalue weighted by Crippen LogP contribution is 2.30. The fraction of sp³-hybridized carbons (Fsp3) is 0.462. The van der Waals surface area contributed by atoms with Gasteiger partial charge in [0.15, 0.2) is 0 Å². The molecule has 0 unspecified atom stereocenters. The smallest absolute Gasteiger partial charge is 0.221 e. The van der Waals surface area contributed by atoms with Crippen LogP contribution in [-0.4, -0.2) is 23.6 Å². The molecule has 1 aromatic rings. The molecule has 0 spiro atoms. The molecular weight excluding hydrogens is 287 g/mol. The number of benzene rings is 1. The number of nitrogens with one attached hydrogen (secondary N) is 2. The fourth-order valence-electron chi connectivity index (χ4n) is 1.57. The van der Waals surface area contributed by atoms with Crippen molar-refractivity contribution in [2.24, 2.45) is 0 Å². The third-order valence-electron chi connectivity index (χ3n) is 2.40. The second-order valence-corrected chi connectivity index (χ2v) is 5.39. The molecule has 0 bridgehead atoms. The predicted molar refractivity (Wildman–Crippen MR) is 77.7 cm³/mol. The zero-order valence-corrected chi connectivity index (χ0v) is 12.5. The minimum absolute atomic E-state index is 0.00384. The van der Waals surface area contributed by atoms with E-state index in [9.17, 15) is 9.90 Å². The van der Waals surface area contributed by atoms with Crippen LogP contribution in [0.5, 0.6) is 5.75 Å². The van der Waals surface area contributed by atoms with Crippen LogP contribution in [0, 0.1) is 0 Å². The average molecular weight is 305 g/mol. The molecule has 0 aliphatic heterocycles. The number of amides is 1. The summed E-state index contributed by atoms with van der Waals surface area (Å²) in [7, 11) is 0. The van der Waals surface area contributed by atoms with Crippen molar-refractivity contribution in [2.45, 2.75) is 32.9 Å². The average Bonchev–Trinajstić information content (AvgIpc) is 2.29. The highest BCUT2D eigenvalue weighted by atomic mass is 35.5. The van der Waals surface area contributed by atoms with Crippen LogP contribution in [0.2, 0.25) is 10.0 Å². The third-order valence-corrected chi connectivity index (χ3v) is 2.91. The summed E-state index contributed by atoms with van der Waals surface area (Å²) in [6.45, 7) is 4.75. The first-order chi connectivity index (χ1) is 8.90. The van der Waals surface area contributed by atoms with Crippen LogP contribution in [0.25, 0.3) is 0 Å². The Hall–Kier alpha value is -0.970. The van der Waals surface area contributed by atoms with Gasteiger partial charge in [-0.3, -0.25) is 4.79 Å². The Kier molecular flexibility index (Phi) is 6.42. The topological polar surface area (TPSA) is 61.4 Å². The van der Waals surface area contributed by atoms with Crippen molar-refractivity contribution >= 4 is 29.1 Å². The SMILES string of the molecule is CC(C)NC(=O)CCNCc1cc(Cl)cc(Cl)c1O. The molecule has 0 fully saturated rings. The van der Waals surface area contributed by atoms with Crippen LogP contribution in [0.4, 0.5) is 0 Å². The van der Waals surface area contributed by atoms with Gasteiger partial charge < -0.3 is 15.7 Å². The summed E-state index contributed by atoms with van der Waals surface area (Å²) >= 11 is 11.7. The molecular formula is C13H18Cl2N2O2. The molecule has 0 aliphatic carbocycles. The Morgan fingerprint density at radius 1 is 1.37 bits per heavy atom. The first-order valence-electron chi connectivity index (χ1n) is 6.07. The van der Waals surface area contributed by atoms with Gasteiger partial charge in [-0.25, -0.2) is 0 Å². The van der Waals surface area contributed by atoms with Gasteiger partial charge in [0.2, 0.25) is 5.91 Å². The molecule has 1 amide bonds. The molecule has 0 aromatic heterocycles. The zero-order chi connectivity index (χ0) is 14.4. The number of rotatable bonds is 6. The Morgan fingerprint density at radius 3 is 2.68 bits per heavy atom. The molecule has 1 rings (SSSR count). The highest BCUT2D eigenvalue weighted by molar-refractivity contribution is 6.35. The second kappa shape index (κ2) is 7.58. The molecule has 106 valence electrons. The Labute approximate surface area is 123 Å². The molecule has 19 heavy (non-hydrogen) atoms. The molecule has 0 aliphatic rings. The van der Waals surface area contributed by atoms with Gasteiger partial charge in [-0.15, -0.1) is 0 Å². The van der Waals surface area contributed by atoms with Gasteiger partial charge in [0.05, 0.1) is 5.02 Å². The van der Waals surface area contributed by atoms with E-state index in [0.717, 1.165) is 0 Å². The van der Waals surface area contributed by atoms with Crippen LogP contribution in [0.3, 0.4) is 0 Å². The van der Waals surface area contributed by atoms with E-state index in [1.54, 1.807) is 6.07 Å². The number of aromatic hydroxyl groups is 1. The number of halogens is 2. The summed E-state index contributed by atoms with van der Waals surface area (Å²) < 4.78 is 0. The lowest BCUT2D eigenvalue weighted by Crippen LogP contribution is -2.32. The van der Waals surface area contributed by atoms with Crippen LogP contribution >= 0.6 is 23.2 Å². The van der Waals surface area contributed by atoms with Gasteiger partial charge in [-0.2, -0.15) is 0 Å². The van der Waals surface area contributed by atoms with Gasteiger partial charge in [-0.1, -0.05) is 23.2 Å². The Morgan fingerprint density at radius 2 is 2.05 bits per heavy atom. The van der Waals surface area contributed by atoms with Crippen molar-refractivity contribution in [1.82, 2.24) is 10.6 Å². The summed E-state index contributed by atoms with van der Waals surface area (Å²) in [6.07, 6.45) is 0.382. The van der Waals surface area contributed by atoms with Crippen molar-refractivity contribution in [2.75, 3.05) is 6.54 Å². The summed E-state index contributed by atoms with van der Waals surface area (Å²) in [5, 5.41) is 16.3. The molecule has 0 saturated heterocycles. The Balaban J connectivity index is 2.40. The van der Waals surface area contributed by atoms with Crippen LogP contribution in [-0.2, 0) is 11.3 Å². The largest absolute Gasteiger partial charge is 0.506 e. The van der Waals surface area contributed by atoms with Gasteiger partial charge >= 0.3 is 0 Å². The Bertz CT molecular complexity index is 451.